The monoisotopic (exact) mass is 373 g/mol. The van der Waals surface area contributed by atoms with Crippen LogP contribution >= 0.6 is 0 Å². The highest BCUT2D eigenvalue weighted by atomic mass is 32.2. The lowest BCUT2D eigenvalue weighted by atomic mass is 9.81. The van der Waals surface area contributed by atoms with E-state index in [9.17, 15) is 13.7 Å². The average Bonchev–Trinajstić information content (AvgIpc) is 3.26. The van der Waals surface area contributed by atoms with Crippen LogP contribution < -0.4 is 4.90 Å². The lowest BCUT2D eigenvalue weighted by molar-refractivity contribution is 0.281. The normalized spacial score (nSPS) is 24.9. The van der Waals surface area contributed by atoms with Crippen molar-refractivity contribution >= 4 is 26.7 Å². The van der Waals surface area contributed by atoms with Crippen LogP contribution in [0.5, 0.6) is 0 Å². The number of sulfone groups is 1. The molecular formula is C18H23N5O2S. The summed E-state index contributed by atoms with van der Waals surface area (Å²) in [4.78, 5) is 13.8. The van der Waals surface area contributed by atoms with Crippen molar-refractivity contribution in [3.63, 3.8) is 0 Å². The van der Waals surface area contributed by atoms with E-state index in [1.807, 2.05) is 19.3 Å². The molecule has 0 aliphatic heterocycles. The van der Waals surface area contributed by atoms with Gasteiger partial charge in [0.25, 0.3) is 0 Å². The van der Waals surface area contributed by atoms with Gasteiger partial charge in [-0.25, -0.2) is 18.4 Å². The lowest BCUT2D eigenvalue weighted by Gasteiger charge is -2.42. The molecule has 7 nitrogen and oxygen atoms in total. The fraction of sp³-hybridized carbons (Fsp3) is 0.611. The molecule has 2 fully saturated rings. The number of fused-ring (bicyclic) bond motifs is 1. The first-order valence-electron chi connectivity index (χ1n) is 9.10. The van der Waals surface area contributed by atoms with E-state index in [1.165, 1.54) is 0 Å². The van der Waals surface area contributed by atoms with Gasteiger partial charge in [0.2, 0.25) is 0 Å². The van der Waals surface area contributed by atoms with Crippen LogP contribution in [0.2, 0.25) is 0 Å². The molecular weight excluding hydrogens is 350 g/mol. The molecule has 0 saturated heterocycles. The maximum Gasteiger partial charge on any atom is 0.169 e. The van der Waals surface area contributed by atoms with Gasteiger partial charge in [-0.1, -0.05) is 12.8 Å². The summed E-state index contributed by atoms with van der Waals surface area (Å²) >= 11 is 0. The van der Waals surface area contributed by atoms with Gasteiger partial charge in [-0.3, -0.25) is 0 Å². The van der Waals surface area contributed by atoms with Gasteiger partial charge in [-0.15, -0.1) is 0 Å². The van der Waals surface area contributed by atoms with Crippen molar-refractivity contribution in [2.24, 2.45) is 5.92 Å². The molecule has 0 atom stereocenters. The van der Waals surface area contributed by atoms with E-state index in [0.717, 1.165) is 42.5 Å². The molecule has 0 bridgehead atoms. The van der Waals surface area contributed by atoms with Crippen LogP contribution in [0.1, 0.15) is 38.5 Å². The number of nitriles is 1. The van der Waals surface area contributed by atoms with Gasteiger partial charge >= 0.3 is 0 Å². The van der Waals surface area contributed by atoms with Crippen molar-refractivity contribution in [3.8, 4) is 6.07 Å². The molecule has 4 rings (SSSR count). The zero-order valence-electron chi connectivity index (χ0n) is 14.9. The van der Waals surface area contributed by atoms with E-state index >= 15 is 0 Å². The number of aromatic nitrogens is 3. The van der Waals surface area contributed by atoms with E-state index < -0.39 is 14.6 Å². The van der Waals surface area contributed by atoms with Gasteiger partial charge in [0.15, 0.2) is 14.6 Å². The summed E-state index contributed by atoms with van der Waals surface area (Å²) in [7, 11) is -1.38. The Bertz CT molecular complexity index is 949. The Kier molecular flexibility index (Phi) is 4.14. The van der Waals surface area contributed by atoms with Crippen LogP contribution in [0.25, 0.3) is 11.0 Å². The molecule has 2 aliphatic rings. The van der Waals surface area contributed by atoms with E-state index in [1.54, 1.807) is 6.33 Å². The Morgan fingerprint density at radius 2 is 2.08 bits per heavy atom. The predicted octanol–water partition coefficient (Wildman–Crippen LogP) is 2.42. The maximum atomic E-state index is 12.8. The summed E-state index contributed by atoms with van der Waals surface area (Å²) in [6, 6.07) is 4.35. The Morgan fingerprint density at radius 3 is 2.77 bits per heavy atom. The number of nitrogens with zero attached hydrogens (tertiary/aromatic N) is 4. The number of nitrogens with one attached hydrogen (secondary N) is 1. The number of hydrogen-bond acceptors (Lipinski definition) is 6. The van der Waals surface area contributed by atoms with Gasteiger partial charge in [0, 0.05) is 19.3 Å². The van der Waals surface area contributed by atoms with Gasteiger partial charge in [-0.2, -0.15) is 5.26 Å². The largest absolute Gasteiger partial charge is 0.356 e. The van der Waals surface area contributed by atoms with Crippen LogP contribution in [-0.2, 0) is 9.84 Å². The van der Waals surface area contributed by atoms with Crippen molar-refractivity contribution in [1.82, 2.24) is 15.0 Å². The first-order chi connectivity index (χ1) is 12.5. The topological polar surface area (TPSA) is 103 Å². The molecule has 0 amide bonds. The molecule has 2 aromatic heterocycles. The summed E-state index contributed by atoms with van der Waals surface area (Å²) in [5.41, 5.74) is 0.803. The van der Waals surface area contributed by atoms with Crippen LogP contribution in [0.3, 0.4) is 0 Å². The smallest absolute Gasteiger partial charge is 0.169 e. The molecule has 0 aromatic carbocycles. The second kappa shape index (κ2) is 6.23. The van der Waals surface area contributed by atoms with Gasteiger partial charge < -0.3 is 9.88 Å². The Morgan fingerprint density at radius 1 is 1.35 bits per heavy atom. The summed E-state index contributed by atoms with van der Waals surface area (Å²) in [5.74, 6) is 1.13. The van der Waals surface area contributed by atoms with Crippen LogP contribution in [0.15, 0.2) is 18.6 Å². The molecule has 26 heavy (non-hydrogen) atoms. The highest BCUT2D eigenvalue weighted by molar-refractivity contribution is 7.93. The fourth-order valence-electron chi connectivity index (χ4n) is 4.37. The number of H-pyrrole nitrogens is 1. The molecule has 0 unspecified atom stereocenters. The van der Waals surface area contributed by atoms with E-state index in [2.05, 4.69) is 25.9 Å². The zero-order valence-corrected chi connectivity index (χ0v) is 15.7. The molecule has 1 N–H and O–H groups in total. The third-order valence-electron chi connectivity index (χ3n) is 6.09. The fourth-order valence-corrected chi connectivity index (χ4v) is 6.64. The van der Waals surface area contributed by atoms with Gasteiger partial charge in [0.1, 0.15) is 17.8 Å². The Labute approximate surface area is 153 Å². The maximum absolute atomic E-state index is 12.8. The van der Waals surface area contributed by atoms with E-state index in [0.29, 0.717) is 12.8 Å². The molecule has 138 valence electrons. The number of hydrogen-bond donors (Lipinski definition) is 1. The standard InChI is InChI=1S/C18H23N5O2S/c1-23(17-15-4-7-20-16(15)21-12-22-17)14-8-13(9-14)10-26(24,25)18(11-19)5-2-3-6-18/h4,7,12-14H,2-3,5-6,8-10H2,1H3,(H,20,21,22)/t13-,14+. The van der Waals surface area contributed by atoms with Crippen LogP contribution in [0.4, 0.5) is 5.82 Å². The molecule has 0 spiro atoms. The summed E-state index contributed by atoms with van der Waals surface area (Å²) in [6.07, 6.45) is 7.67. The van der Waals surface area contributed by atoms with Gasteiger partial charge in [0.05, 0.1) is 17.2 Å². The number of rotatable bonds is 5. The second-order valence-corrected chi connectivity index (χ2v) is 9.98. The first-order valence-corrected chi connectivity index (χ1v) is 10.8. The molecule has 2 saturated carbocycles. The van der Waals surface area contributed by atoms with Crippen molar-refractivity contribution in [1.29, 1.82) is 5.26 Å². The third-order valence-corrected chi connectivity index (χ3v) is 8.69. The van der Waals surface area contributed by atoms with Crippen molar-refractivity contribution in [2.45, 2.75) is 49.3 Å². The molecule has 2 heterocycles. The second-order valence-electron chi connectivity index (χ2n) is 7.63. The third kappa shape index (κ3) is 2.65. The number of anilines is 1. The minimum absolute atomic E-state index is 0.127. The Balaban J connectivity index is 1.43. The van der Waals surface area contributed by atoms with Crippen LogP contribution in [0, 0.1) is 17.2 Å². The highest BCUT2D eigenvalue weighted by Crippen LogP contribution is 2.41. The summed E-state index contributed by atoms with van der Waals surface area (Å²) in [6.45, 7) is 0. The highest BCUT2D eigenvalue weighted by Gasteiger charge is 2.48. The Hall–Kier alpha value is -2.14. The van der Waals surface area contributed by atoms with Crippen molar-refractivity contribution < 1.29 is 8.42 Å². The lowest BCUT2D eigenvalue weighted by Crippen LogP contribution is -2.47. The van der Waals surface area contributed by atoms with Gasteiger partial charge in [-0.05, 0) is 37.7 Å². The number of aromatic amines is 1. The minimum atomic E-state index is -3.38. The molecule has 2 aliphatic carbocycles. The SMILES string of the molecule is CN(c1ncnc2[nH]ccc12)[C@H]1C[C@@H](CS(=O)(=O)C2(C#N)CCCC2)C1. The summed E-state index contributed by atoms with van der Waals surface area (Å²) < 4.78 is 24.5. The average molecular weight is 373 g/mol. The summed E-state index contributed by atoms with van der Waals surface area (Å²) in [5, 5.41) is 10.4. The van der Waals surface area contributed by atoms with Crippen LogP contribution in [-0.4, -0.2) is 47.0 Å². The van der Waals surface area contributed by atoms with E-state index in [-0.39, 0.29) is 17.7 Å². The molecule has 0 radical (unpaired) electrons. The minimum Gasteiger partial charge on any atom is -0.356 e. The van der Waals surface area contributed by atoms with Crippen molar-refractivity contribution in [2.75, 3.05) is 17.7 Å². The zero-order chi connectivity index (χ0) is 18.4. The predicted molar refractivity (Wildman–Crippen MR) is 99.4 cm³/mol. The molecule has 2 aromatic rings. The van der Waals surface area contributed by atoms with Crippen molar-refractivity contribution in [3.05, 3.63) is 18.6 Å². The quantitative estimate of drug-likeness (QED) is 0.863. The molecule has 8 heteroatoms. The first kappa shape index (κ1) is 17.3. The van der Waals surface area contributed by atoms with E-state index in [4.69, 9.17) is 0 Å².